The molecule has 0 aliphatic rings. The molecular formula is C15H13ClF3N5. The van der Waals surface area contributed by atoms with Crippen molar-refractivity contribution in [1.29, 1.82) is 0 Å². The van der Waals surface area contributed by atoms with E-state index < -0.39 is 11.7 Å². The van der Waals surface area contributed by atoms with E-state index in [-0.39, 0.29) is 11.3 Å². The van der Waals surface area contributed by atoms with Crippen molar-refractivity contribution in [3.8, 4) is 0 Å². The average molecular weight is 356 g/mol. The Bertz CT molecular complexity index is 873. The number of alkyl halides is 3. The predicted molar refractivity (Wildman–Crippen MR) is 84.8 cm³/mol. The lowest BCUT2D eigenvalue weighted by Gasteiger charge is -2.16. The van der Waals surface area contributed by atoms with E-state index >= 15 is 0 Å². The summed E-state index contributed by atoms with van der Waals surface area (Å²) in [5.41, 5.74) is 0.574. The summed E-state index contributed by atoms with van der Waals surface area (Å²) in [7, 11) is 1.73. The van der Waals surface area contributed by atoms with Gasteiger partial charge in [-0.25, -0.2) is 0 Å². The molecule has 1 atom stereocenters. The minimum absolute atomic E-state index is 0.0632. The first-order valence-electron chi connectivity index (χ1n) is 7.04. The zero-order chi connectivity index (χ0) is 17.5. The van der Waals surface area contributed by atoms with E-state index in [0.29, 0.717) is 22.4 Å². The lowest BCUT2D eigenvalue weighted by Crippen LogP contribution is -2.10. The fourth-order valence-electron chi connectivity index (χ4n) is 2.35. The van der Waals surface area contributed by atoms with E-state index in [2.05, 4.69) is 20.4 Å². The van der Waals surface area contributed by atoms with Gasteiger partial charge in [0.15, 0.2) is 5.65 Å². The first-order valence-corrected chi connectivity index (χ1v) is 7.42. The molecule has 1 aromatic carbocycles. The molecule has 0 saturated carbocycles. The van der Waals surface area contributed by atoms with Crippen LogP contribution in [-0.2, 0) is 13.2 Å². The molecule has 3 rings (SSSR count). The first kappa shape index (κ1) is 16.5. The second kappa shape index (κ2) is 5.94. The van der Waals surface area contributed by atoms with Crippen molar-refractivity contribution < 1.29 is 13.2 Å². The molecular weight excluding hydrogens is 343 g/mol. The molecule has 126 valence electrons. The molecule has 0 fully saturated rings. The maximum atomic E-state index is 12.6. The summed E-state index contributed by atoms with van der Waals surface area (Å²) in [6.45, 7) is 1.82. The van der Waals surface area contributed by atoms with Crippen LogP contribution in [0.5, 0.6) is 0 Å². The molecule has 2 heterocycles. The lowest BCUT2D eigenvalue weighted by molar-refractivity contribution is -0.137. The highest BCUT2D eigenvalue weighted by atomic mass is 35.5. The normalized spacial score (nSPS) is 13.2. The van der Waals surface area contributed by atoms with E-state index in [0.717, 1.165) is 12.1 Å². The van der Waals surface area contributed by atoms with Crippen LogP contribution >= 0.6 is 11.6 Å². The van der Waals surface area contributed by atoms with Crippen molar-refractivity contribution in [1.82, 2.24) is 19.7 Å². The van der Waals surface area contributed by atoms with Gasteiger partial charge in [-0.2, -0.15) is 28.2 Å². The number of hydrogen-bond donors (Lipinski definition) is 1. The Morgan fingerprint density at radius 2 is 1.83 bits per heavy atom. The van der Waals surface area contributed by atoms with Gasteiger partial charge in [0.25, 0.3) is 0 Å². The second-order valence-corrected chi connectivity index (χ2v) is 5.67. The summed E-state index contributed by atoms with van der Waals surface area (Å²) < 4.78 is 39.5. The van der Waals surface area contributed by atoms with E-state index in [4.69, 9.17) is 11.6 Å². The molecule has 0 amide bonds. The highest BCUT2D eigenvalue weighted by Crippen LogP contribution is 2.31. The number of rotatable bonds is 3. The number of aryl methyl sites for hydroxylation is 1. The van der Waals surface area contributed by atoms with Crippen LogP contribution in [0.25, 0.3) is 11.0 Å². The fraction of sp³-hybridized carbons (Fsp3) is 0.267. The predicted octanol–water partition coefficient (Wildman–Crippen LogP) is 4.21. The fourth-order valence-corrected chi connectivity index (χ4v) is 2.52. The summed E-state index contributed by atoms with van der Waals surface area (Å²) in [6.07, 6.45) is -2.75. The smallest absolute Gasteiger partial charge is 0.363 e. The topological polar surface area (TPSA) is 55.6 Å². The van der Waals surface area contributed by atoms with Gasteiger partial charge in [0.05, 0.1) is 17.1 Å². The van der Waals surface area contributed by atoms with Crippen LogP contribution in [0.3, 0.4) is 0 Å². The molecule has 0 unspecified atom stereocenters. The molecule has 2 aromatic heterocycles. The third-order valence-electron chi connectivity index (χ3n) is 3.66. The third kappa shape index (κ3) is 3.14. The number of halogens is 4. The van der Waals surface area contributed by atoms with Crippen LogP contribution in [-0.4, -0.2) is 19.7 Å². The van der Waals surface area contributed by atoms with Crippen molar-refractivity contribution >= 4 is 28.5 Å². The zero-order valence-electron chi connectivity index (χ0n) is 12.8. The van der Waals surface area contributed by atoms with Gasteiger partial charge in [0.1, 0.15) is 5.82 Å². The van der Waals surface area contributed by atoms with Crippen molar-refractivity contribution in [3.63, 3.8) is 0 Å². The Balaban J connectivity index is 1.88. The van der Waals surface area contributed by atoms with Crippen LogP contribution in [0.2, 0.25) is 5.28 Å². The molecule has 9 heteroatoms. The highest BCUT2D eigenvalue weighted by Gasteiger charge is 2.30. The maximum absolute atomic E-state index is 12.6. The van der Waals surface area contributed by atoms with Gasteiger partial charge in [0, 0.05) is 13.1 Å². The Morgan fingerprint density at radius 3 is 2.46 bits per heavy atom. The molecule has 3 aromatic rings. The Labute approximate surface area is 140 Å². The number of nitrogens with zero attached hydrogens (tertiary/aromatic N) is 4. The van der Waals surface area contributed by atoms with Crippen LogP contribution < -0.4 is 5.32 Å². The lowest BCUT2D eigenvalue weighted by atomic mass is 10.1. The average Bonchev–Trinajstić information content (AvgIpc) is 2.88. The van der Waals surface area contributed by atoms with Gasteiger partial charge in [-0.15, -0.1) is 0 Å². The van der Waals surface area contributed by atoms with Gasteiger partial charge in [-0.3, -0.25) is 4.68 Å². The second-order valence-electron chi connectivity index (χ2n) is 5.33. The monoisotopic (exact) mass is 355 g/mol. The largest absolute Gasteiger partial charge is 0.416 e. The number of fused-ring (bicyclic) bond motifs is 1. The molecule has 0 radical (unpaired) electrons. The molecule has 0 bridgehead atoms. The van der Waals surface area contributed by atoms with E-state index in [1.165, 1.54) is 12.1 Å². The van der Waals surface area contributed by atoms with Gasteiger partial charge in [0.2, 0.25) is 5.28 Å². The summed E-state index contributed by atoms with van der Waals surface area (Å²) in [5, 5.41) is 7.99. The summed E-state index contributed by atoms with van der Waals surface area (Å²) in [5.74, 6) is 0.477. The molecule has 0 aliphatic heterocycles. The minimum atomic E-state index is -4.35. The maximum Gasteiger partial charge on any atom is 0.416 e. The Hall–Kier alpha value is -2.35. The van der Waals surface area contributed by atoms with Crippen molar-refractivity contribution in [3.05, 3.63) is 46.9 Å². The highest BCUT2D eigenvalue weighted by molar-refractivity contribution is 6.28. The Kier molecular flexibility index (Phi) is 4.08. The van der Waals surface area contributed by atoms with Crippen molar-refractivity contribution in [2.24, 2.45) is 7.05 Å². The van der Waals surface area contributed by atoms with E-state index in [1.54, 1.807) is 17.9 Å². The van der Waals surface area contributed by atoms with Crippen LogP contribution in [0.4, 0.5) is 19.0 Å². The van der Waals surface area contributed by atoms with Gasteiger partial charge < -0.3 is 5.32 Å². The number of aromatic nitrogens is 4. The quantitative estimate of drug-likeness (QED) is 0.715. The third-order valence-corrected chi connectivity index (χ3v) is 3.83. The number of nitrogens with one attached hydrogen (secondary N) is 1. The zero-order valence-corrected chi connectivity index (χ0v) is 13.5. The van der Waals surface area contributed by atoms with E-state index in [9.17, 15) is 13.2 Å². The number of anilines is 1. The summed E-state index contributed by atoms with van der Waals surface area (Å²) in [6, 6.07) is 4.70. The molecule has 24 heavy (non-hydrogen) atoms. The molecule has 0 spiro atoms. The summed E-state index contributed by atoms with van der Waals surface area (Å²) in [4.78, 5) is 8.25. The molecule has 5 nitrogen and oxygen atoms in total. The van der Waals surface area contributed by atoms with Gasteiger partial charge in [-0.1, -0.05) is 12.1 Å². The van der Waals surface area contributed by atoms with Gasteiger partial charge >= 0.3 is 6.18 Å². The Morgan fingerprint density at radius 1 is 1.17 bits per heavy atom. The summed E-state index contributed by atoms with van der Waals surface area (Å²) >= 11 is 5.92. The number of hydrogen-bond acceptors (Lipinski definition) is 4. The molecule has 0 saturated heterocycles. The van der Waals surface area contributed by atoms with Crippen molar-refractivity contribution in [2.45, 2.75) is 19.1 Å². The van der Waals surface area contributed by atoms with Crippen LogP contribution in [0.15, 0.2) is 30.5 Å². The standard InChI is InChI=1S/C15H13ClF3N5/c1-8(9-3-5-10(6-4-9)15(17,18)19)21-12-11-7-20-24(2)13(11)23-14(16)22-12/h3-8H,1-2H3,(H,21,22,23)/t8-/m1/s1. The van der Waals surface area contributed by atoms with Crippen LogP contribution in [0.1, 0.15) is 24.1 Å². The van der Waals surface area contributed by atoms with Crippen LogP contribution in [0, 0.1) is 0 Å². The van der Waals surface area contributed by atoms with E-state index in [1.807, 2.05) is 6.92 Å². The number of benzene rings is 1. The molecule has 1 N–H and O–H groups in total. The molecule has 0 aliphatic carbocycles. The first-order chi connectivity index (χ1) is 11.3. The SMILES string of the molecule is C[C@@H](Nc1nc(Cl)nc2c1cnn2C)c1ccc(C(F)(F)F)cc1. The minimum Gasteiger partial charge on any atom is -0.363 e. The van der Waals surface area contributed by atoms with Gasteiger partial charge in [-0.05, 0) is 36.2 Å². The van der Waals surface area contributed by atoms with Crippen molar-refractivity contribution in [2.75, 3.05) is 5.32 Å².